The monoisotopic (exact) mass is 348 g/mol. The van der Waals surface area contributed by atoms with Gasteiger partial charge in [0.15, 0.2) is 0 Å². The molecule has 2 saturated heterocycles. The number of aromatic nitrogens is 2. The molecule has 3 heterocycles. The zero-order chi connectivity index (χ0) is 17.8. The fourth-order valence-corrected chi connectivity index (χ4v) is 3.62. The minimum atomic E-state index is -0.131. The van der Waals surface area contributed by atoms with Crippen LogP contribution in [0.5, 0.6) is 0 Å². The summed E-state index contributed by atoms with van der Waals surface area (Å²) < 4.78 is 5.33. The predicted molar refractivity (Wildman–Crippen MR) is 95.9 cm³/mol. The molecule has 0 bridgehead atoms. The lowest BCUT2D eigenvalue weighted by molar-refractivity contribution is -0.132. The van der Waals surface area contributed by atoms with Crippen molar-refractivity contribution in [2.45, 2.75) is 39.5 Å². The molecule has 25 heavy (non-hydrogen) atoms. The number of carbonyl (C=O) groups is 1. The van der Waals surface area contributed by atoms with Crippen LogP contribution >= 0.6 is 0 Å². The SMILES string of the molecule is Cc1nc(N2CCOCC2)[nH]c(=O)c1CCC(=O)N1CCCC(C)C1. The van der Waals surface area contributed by atoms with Gasteiger partial charge in [-0.3, -0.25) is 14.6 Å². The first-order chi connectivity index (χ1) is 12.0. The summed E-state index contributed by atoms with van der Waals surface area (Å²) in [6, 6.07) is 0. The average molecular weight is 348 g/mol. The number of aryl methyl sites for hydroxylation is 1. The van der Waals surface area contributed by atoms with E-state index >= 15 is 0 Å². The summed E-state index contributed by atoms with van der Waals surface area (Å²) in [7, 11) is 0. The van der Waals surface area contributed by atoms with E-state index in [0.29, 0.717) is 49.2 Å². The Hall–Kier alpha value is -1.89. The average Bonchev–Trinajstić information content (AvgIpc) is 2.61. The van der Waals surface area contributed by atoms with Crippen molar-refractivity contribution in [1.29, 1.82) is 0 Å². The summed E-state index contributed by atoms with van der Waals surface area (Å²) in [6.45, 7) is 8.46. The van der Waals surface area contributed by atoms with Gasteiger partial charge in [0.05, 0.1) is 13.2 Å². The maximum absolute atomic E-state index is 12.5. The van der Waals surface area contributed by atoms with Crippen LogP contribution in [0.4, 0.5) is 5.95 Å². The Morgan fingerprint density at radius 2 is 2.08 bits per heavy atom. The Balaban J connectivity index is 1.64. The van der Waals surface area contributed by atoms with Crippen molar-refractivity contribution in [1.82, 2.24) is 14.9 Å². The van der Waals surface area contributed by atoms with Crippen LogP contribution in [0.3, 0.4) is 0 Å². The first-order valence-corrected chi connectivity index (χ1v) is 9.25. The number of hydrogen-bond acceptors (Lipinski definition) is 5. The van der Waals surface area contributed by atoms with Crippen LogP contribution in [0.2, 0.25) is 0 Å². The van der Waals surface area contributed by atoms with Crippen LogP contribution in [0.25, 0.3) is 0 Å². The molecule has 1 aromatic rings. The third-order valence-electron chi connectivity index (χ3n) is 5.12. The topological polar surface area (TPSA) is 78.5 Å². The second kappa shape index (κ2) is 7.99. The van der Waals surface area contributed by atoms with Gasteiger partial charge in [0.1, 0.15) is 0 Å². The minimum absolute atomic E-state index is 0.131. The van der Waals surface area contributed by atoms with Gasteiger partial charge >= 0.3 is 0 Å². The molecule has 0 spiro atoms. The third-order valence-corrected chi connectivity index (χ3v) is 5.12. The molecule has 1 atom stereocenters. The normalized spacial score (nSPS) is 21.4. The Morgan fingerprint density at radius 3 is 2.76 bits per heavy atom. The maximum Gasteiger partial charge on any atom is 0.255 e. The molecular formula is C18H28N4O3. The molecule has 0 radical (unpaired) electrons. The van der Waals surface area contributed by atoms with Crippen molar-refractivity contribution in [3.8, 4) is 0 Å². The molecule has 7 heteroatoms. The molecule has 1 amide bonds. The van der Waals surface area contributed by atoms with Crippen molar-refractivity contribution in [3.05, 3.63) is 21.6 Å². The molecule has 0 aliphatic carbocycles. The highest BCUT2D eigenvalue weighted by atomic mass is 16.5. The molecule has 2 aliphatic heterocycles. The summed E-state index contributed by atoms with van der Waals surface area (Å²) in [5, 5.41) is 0. The second-order valence-corrected chi connectivity index (χ2v) is 7.14. The zero-order valence-corrected chi connectivity index (χ0v) is 15.2. The van der Waals surface area contributed by atoms with Crippen molar-refractivity contribution in [3.63, 3.8) is 0 Å². The van der Waals surface area contributed by atoms with E-state index in [-0.39, 0.29) is 11.5 Å². The number of morpholine rings is 1. The van der Waals surface area contributed by atoms with Crippen LogP contribution < -0.4 is 10.5 Å². The highest BCUT2D eigenvalue weighted by molar-refractivity contribution is 5.76. The summed E-state index contributed by atoms with van der Waals surface area (Å²) in [5.74, 6) is 1.31. The number of piperidine rings is 1. The summed E-state index contributed by atoms with van der Waals surface area (Å²) in [5.41, 5.74) is 1.20. The van der Waals surface area contributed by atoms with E-state index in [1.165, 1.54) is 6.42 Å². The highest BCUT2D eigenvalue weighted by Crippen LogP contribution is 2.17. The zero-order valence-electron chi connectivity index (χ0n) is 15.2. The first kappa shape index (κ1) is 17.9. The number of rotatable bonds is 4. The largest absolute Gasteiger partial charge is 0.378 e. The van der Waals surface area contributed by atoms with Gasteiger partial charge in [0.2, 0.25) is 11.9 Å². The van der Waals surface area contributed by atoms with Gasteiger partial charge in [-0.15, -0.1) is 0 Å². The molecule has 138 valence electrons. The van der Waals surface area contributed by atoms with Gasteiger partial charge in [0, 0.05) is 43.9 Å². The van der Waals surface area contributed by atoms with Crippen molar-refractivity contribution < 1.29 is 9.53 Å². The number of anilines is 1. The van der Waals surface area contributed by atoms with Gasteiger partial charge in [-0.25, -0.2) is 4.98 Å². The van der Waals surface area contributed by atoms with Crippen molar-refractivity contribution in [2.24, 2.45) is 5.92 Å². The van der Waals surface area contributed by atoms with Crippen molar-refractivity contribution in [2.75, 3.05) is 44.3 Å². The number of carbonyl (C=O) groups excluding carboxylic acids is 1. The van der Waals surface area contributed by atoms with Gasteiger partial charge in [-0.2, -0.15) is 0 Å². The van der Waals surface area contributed by atoms with Crippen LogP contribution in [0, 0.1) is 12.8 Å². The lowest BCUT2D eigenvalue weighted by Gasteiger charge is -2.31. The molecule has 2 aliphatic rings. The van der Waals surface area contributed by atoms with Gasteiger partial charge in [0.25, 0.3) is 5.56 Å². The number of likely N-dealkylation sites (tertiary alicyclic amines) is 1. The predicted octanol–water partition coefficient (Wildman–Crippen LogP) is 1.11. The molecule has 7 nitrogen and oxygen atoms in total. The standard InChI is InChI=1S/C18H28N4O3/c1-13-4-3-7-22(12-13)16(23)6-5-15-14(2)19-18(20-17(15)24)21-8-10-25-11-9-21/h13H,3-12H2,1-2H3,(H,19,20,24). The van der Waals surface area contributed by atoms with E-state index in [1.807, 2.05) is 16.7 Å². The van der Waals surface area contributed by atoms with E-state index in [9.17, 15) is 9.59 Å². The number of H-pyrrole nitrogens is 1. The van der Waals surface area contributed by atoms with E-state index in [4.69, 9.17) is 4.74 Å². The third kappa shape index (κ3) is 4.39. The molecular weight excluding hydrogens is 320 g/mol. The number of hydrogen-bond donors (Lipinski definition) is 1. The fourth-order valence-electron chi connectivity index (χ4n) is 3.62. The molecule has 0 saturated carbocycles. The second-order valence-electron chi connectivity index (χ2n) is 7.14. The summed E-state index contributed by atoms with van der Waals surface area (Å²) in [6.07, 6.45) is 3.08. The van der Waals surface area contributed by atoms with Crippen LogP contribution in [0.15, 0.2) is 4.79 Å². The van der Waals surface area contributed by atoms with Crippen LogP contribution in [0.1, 0.15) is 37.4 Å². The number of amides is 1. The Kier molecular flexibility index (Phi) is 5.73. The summed E-state index contributed by atoms with van der Waals surface area (Å²) in [4.78, 5) is 36.3. The number of aromatic amines is 1. The Morgan fingerprint density at radius 1 is 1.32 bits per heavy atom. The molecule has 1 aromatic heterocycles. The van der Waals surface area contributed by atoms with Crippen LogP contribution in [-0.2, 0) is 16.0 Å². The Labute approximate surface area is 148 Å². The van der Waals surface area contributed by atoms with Crippen molar-refractivity contribution >= 4 is 11.9 Å². The van der Waals surface area contributed by atoms with Gasteiger partial charge < -0.3 is 14.5 Å². The smallest absolute Gasteiger partial charge is 0.255 e. The number of ether oxygens (including phenoxy) is 1. The quantitative estimate of drug-likeness (QED) is 0.882. The van der Waals surface area contributed by atoms with E-state index < -0.39 is 0 Å². The number of nitrogens with one attached hydrogen (secondary N) is 1. The summed E-state index contributed by atoms with van der Waals surface area (Å²) >= 11 is 0. The maximum atomic E-state index is 12.5. The minimum Gasteiger partial charge on any atom is -0.378 e. The lowest BCUT2D eigenvalue weighted by atomic mass is 9.99. The highest BCUT2D eigenvalue weighted by Gasteiger charge is 2.22. The lowest BCUT2D eigenvalue weighted by Crippen LogP contribution is -2.40. The molecule has 1 N–H and O–H groups in total. The molecule has 3 rings (SSSR count). The first-order valence-electron chi connectivity index (χ1n) is 9.25. The van der Waals surface area contributed by atoms with Gasteiger partial charge in [-0.1, -0.05) is 6.92 Å². The van der Waals surface area contributed by atoms with Gasteiger partial charge in [-0.05, 0) is 32.1 Å². The fraction of sp³-hybridized carbons (Fsp3) is 0.722. The molecule has 2 fully saturated rings. The molecule has 1 unspecified atom stereocenters. The van der Waals surface area contributed by atoms with E-state index in [1.54, 1.807) is 0 Å². The van der Waals surface area contributed by atoms with E-state index in [0.717, 1.165) is 32.6 Å². The van der Waals surface area contributed by atoms with Crippen LogP contribution in [-0.4, -0.2) is 60.2 Å². The molecule has 0 aromatic carbocycles. The Bertz CT molecular complexity index is 667. The number of nitrogens with zero attached hydrogens (tertiary/aromatic N) is 3. The van der Waals surface area contributed by atoms with E-state index in [2.05, 4.69) is 16.9 Å².